The van der Waals surface area contributed by atoms with E-state index < -0.39 is 6.17 Å². The van der Waals surface area contributed by atoms with Crippen molar-refractivity contribution in [1.29, 1.82) is 0 Å². The molecule has 0 aromatic rings. The number of hydrogen-bond acceptors (Lipinski definition) is 1. The van der Waals surface area contributed by atoms with Crippen LogP contribution in [0.15, 0.2) is 0 Å². The van der Waals surface area contributed by atoms with E-state index in [0.29, 0.717) is 12.7 Å². The van der Waals surface area contributed by atoms with E-state index in [9.17, 15) is 4.39 Å². The Kier molecular flexibility index (Phi) is 3.20. The van der Waals surface area contributed by atoms with Crippen molar-refractivity contribution in [3.05, 3.63) is 0 Å². The zero-order valence-corrected chi connectivity index (χ0v) is 8.18. The first-order chi connectivity index (χ1) is 6.36. The van der Waals surface area contributed by atoms with Gasteiger partial charge in [-0.15, -0.1) is 0 Å². The van der Waals surface area contributed by atoms with Gasteiger partial charge in [-0.1, -0.05) is 19.3 Å². The van der Waals surface area contributed by atoms with Crippen LogP contribution in [0.5, 0.6) is 0 Å². The highest BCUT2D eigenvalue weighted by molar-refractivity contribution is 4.78. The molecule has 1 aliphatic heterocycles. The summed E-state index contributed by atoms with van der Waals surface area (Å²) in [4.78, 5) is 0. The van der Waals surface area contributed by atoms with Gasteiger partial charge in [-0.05, 0) is 31.6 Å². The fourth-order valence-corrected chi connectivity index (χ4v) is 2.62. The van der Waals surface area contributed by atoms with Gasteiger partial charge in [-0.3, -0.25) is 0 Å². The van der Waals surface area contributed by atoms with E-state index in [0.717, 1.165) is 18.8 Å². The molecule has 0 aromatic carbocycles. The van der Waals surface area contributed by atoms with Crippen LogP contribution in [0.25, 0.3) is 0 Å². The topological polar surface area (TPSA) is 9.23 Å². The maximum absolute atomic E-state index is 12.8. The quantitative estimate of drug-likeness (QED) is 0.611. The molecule has 13 heavy (non-hydrogen) atoms. The highest BCUT2D eigenvalue weighted by Gasteiger charge is 2.28. The van der Waals surface area contributed by atoms with E-state index in [4.69, 9.17) is 4.74 Å². The van der Waals surface area contributed by atoms with Crippen LogP contribution < -0.4 is 0 Å². The summed E-state index contributed by atoms with van der Waals surface area (Å²) in [6, 6.07) is 0. The van der Waals surface area contributed by atoms with Gasteiger partial charge in [-0.25, -0.2) is 4.39 Å². The molecule has 1 saturated carbocycles. The standard InChI is InChI=1S/C11H19FO/c12-10-6-7-11(13-8-10)9-4-2-1-3-5-9/h9-11H,1-8H2/t10-,11+/m1/s1. The lowest BCUT2D eigenvalue weighted by molar-refractivity contribution is -0.0621. The van der Waals surface area contributed by atoms with Crippen LogP contribution in [-0.2, 0) is 4.74 Å². The van der Waals surface area contributed by atoms with Gasteiger partial charge in [0, 0.05) is 0 Å². The Morgan fingerprint density at radius 3 is 2.31 bits per heavy atom. The van der Waals surface area contributed by atoms with Crippen LogP contribution in [0.3, 0.4) is 0 Å². The smallest absolute Gasteiger partial charge is 0.123 e. The molecule has 0 spiro atoms. The van der Waals surface area contributed by atoms with Gasteiger partial charge in [-0.2, -0.15) is 0 Å². The minimum absolute atomic E-state index is 0.348. The number of rotatable bonds is 1. The summed E-state index contributed by atoms with van der Waals surface area (Å²) in [6.45, 7) is 0.348. The predicted octanol–water partition coefficient (Wildman–Crippen LogP) is 3.08. The second-order valence-corrected chi connectivity index (χ2v) is 4.44. The maximum Gasteiger partial charge on any atom is 0.123 e. The predicted molar refractivity (Wildman–Crippen MR) is 50.4 cm³/mol. The molecule has 1 aliphatic carbocycles. The number of halogens is 1. The molecule has 0 radical (unpaired) electrons. The lowest BCUT2D eigenvalue weighted by Crippen LogP contribution is -2.33. The van der Waals surface area contributed by atoms with Gasteiger partial charge in [0.15, 0.2) is 0 Å². The van der Waals surface area contributed by atoms with E-state index >= 15 is 0 Å². The van der Waals surface area contributed by atoms with Crippen LogP contribution in [0.1, 0.15) is 44.9 Å². The molecule has 0 unspecified atom stereocenters. The second kappa shape index (κ2) is 4.41. The Bertz CT molecular complexity index is 146. The Labute approximate surface area is 79.7 Å². The van der Waals surface area contributed by atoms with E-state index in [1.165, 1.54) is 32.1 Å². The summed E-state index contributed by atoms with van der Waals surface area (Å²) in [5.74, 6) is 0.737. The third-order valence-corrected chi connectivity index (χ3v) is 3.43. The summed E-state index contributed by atoms with van der Waals surface area (Å²) in [5, 5.41) is 0. The second-order valence-electron chi connectivity index (χ2n) is 4.44. The van der Waals surface area contributed by atoms with E-state index in [1.54, 1.807) is 0 Å². The van der Waals surface area contributed by atoms with E-state index in [-0.39, 0.29) is 0 Å². The normalized spacial score (nSPS) is 37.6. The van der Waals surface area contributed by atoms with Crippen molar-refractivity contribution in [3.63, 3.8) is 0 Å². The van der Waals surface area contributed by atoms with Crippen LogP contribution >= 0.6 is 0 Å². The number of hydrogen-bond donors (Lipinski definition) is 0. The minimum atomic E-state index is -0.695. The minimum Gasteiger partial charge on any atom is -0.375 e. The fraction of sp³-hybridized carbons (Fsp3) is 1.00. The molecule has 76 valence electrons. The molecule has 2 atom stereocenters. The largest absolute Gasteiger partial charge is 0.375 e. The van der Waals surface area contributed by atoms with Crippen LogP contribution in [0, 0.1) is 5.92 Å². The lowest BCUT2D eigenvalue weighted by Gasteiger charge is -2.33. The SMILES string of the molecule is F[C@@H]1CC[C@@H](C2CCCCC2)OC1. The number of alkyl halides is 1. The van der Waals surface area contributed by atoms with Gasteiger partial charge in [0.2, 0.25) is 0 Å². The van der Waals surface area contributed by atoms with Gasteiger partial charge in [0.1, 0.15) is 6.17 Å². The average Bonchev–Trinajstić information content (AvgIpc) is 2.20. The van der Waals surface area contributed by atoms with Gasteiger partial charge in [0.05, 0.1) is 12.7 Å². The Hall–Kier alpha value is -0.110. The molecule has 1 nitrogen and oxygen atoms in total. The van der Waals surface area contributed by atoms with Crippen molar-refractivity contribution in [2.45, 2.75) is 57.2 Å². The van der Waals surface area contributed by atoms with Crippen molar-refractivity contribution in [2.24, 2.45) is 5.92 Å². The Morgan fingerprint density at radius 1 is 0.923 bits per heavy atom. The molecule has 2 heteroatoms. The summed E-state index contributed by atoms with van der Waals surface area (Å²) in [6.07, 6.45) is 8.06. The molecule has 2 fully saturated rings. The molecular formula is C11H19FO. The average molecular weight is 186 g/mol. The molecule has 2 aliphatic rings. The highest BCUT2D eigenvalue weighted by atomic mass is 19.1. The Morgan fingerprint density at radius 2 is 1.69 bits per heavy atom. The zero-order chi connectivity index (χ0) is 9.10. The molecule has 0 bridgehead atoms. The van der Waals surface area contributed by atoms with Crippen molar-refractivity contribution in [3.8, 4) is 0 Å². The lowest BCUT2D eigenvalue weighted by atomic mass is 9.83. The number of ether oxygens (including phenoxy) is 1. The van der Waals surface area contributed by atoms with Gasteiger partial charge >= 0.3 is 0 Å². The highest BCUT2D eigenvalue weighted by Crippen LogP contribution is 2.32. The van der Waals surface area contributed by atoms with Crippen molar-refractivity contribution in [2.75, 3.05) is 6.61 Å². The maximum atomic E-state index is 12.8. The third kappa shape index (κ3) is 2.43. The van der Waals surface area contributed by atoms with Crippen molar-refractivity contribution < 1.29 is 9.13 Å². The van der Waals surface area contributed by atoms with E-state index in [1.807, 2.05) is 0 Å². The van der Waals surface area contributed by atoms with Crippen molar-refractivity contribution in [1.82, 2.24) is 0 Å². The van der Waals surface area contributed by atoms with Crippen LogP contribution in [0.4, 0.5) is 4.39 Å². The first-order valence-corrected chi connectivity index (χ1v) is 5.62. The van der Waals surface area contributed by atoms with E-state index in [2.05, 4.69) is 0 Å². The third-order valence-electron chi connectivity index (χ3n) is 3.43. The summed E-state index contributed by atoms with van der Waals surface area (Å²) in [7, 11) is 0. The van der Waals surface area contributed by atoms with Gasteiger partial charge in [0.25, 0.3) is 0 Å². The van der Waals surface area contributed by atoms with Crippen LogP contribution in [-0.4, -0.2) is 18.9 Å². The molecule has 2 rings (SSSR count). The summed E-state index contributed by atoms with van der Waals surface area (Å²) in [5.41, 5.74) is 0. The first-order valence-electron chi connectivity index (χ1n) is 5.62. The molecular weight excluding hydrogens is 167 g/mol. The summed E-state index contributed by atoms with van der Waals surface area (Å²) >= 11 is 0. The fourth-order valence-electron chi connectivity index (χ4n) is 2.62. The monoisotopic (exact) mass is 186 g/mol. The first kappa shape index (κ1) is 9.45. The van der Waals surface area contributed by atoms with Gasteiger partial charge < -0.3 is 4.74 Å². The molecule has 0 N–H and O–H groups in total. The molecule has 0 aromatic heterocycles. The zero-order valence-electron chi connectivity index (χ0n) is 8.18. The molecule has 1 saturated heterocycles. The van der Waals surface area contributed by atoms with Crippen molar-refractivity contribution >= 4 is 0 Å². The molecule has 1 heterocycles. The van der Waals surface area contributed by atoms with Crippen LogP contribution in [0.2, 0.25) is 0 Å². The summed E-state index contributed by atoms with van der Waals surface area (Å²) < 4.78 is 18.4. The Balaban J connectivity index is 1.79. The molecule has 0 amide bonds.